The minimum absolute atomic E-state index is 0.447. The third kappa shape index (κ3) is 4.14. The van der Waals surface area contributed by atoms with E-state index in [1.54, 1.807) is 7.11 Å². The topological polar surface area (TPSA) is 65.3 Å². The van der Waals surface area contributed by atoms with Crippen LogP contribution in [0.15, 0.2) is 66.7 Å². The third-order valence-electron chi connectivity index (χ3n) is 5.27. The van der Waals surface area contributed by atoms with Crippen LogP contribution in [0.3, 0.4) is 0 Å². The molecule has 2 heterocycles. The van der Waals surface area contributed by atoms with Crippen molar-refractivity contribution >= 4 is 11.5 Å². The summed E-state index contributed by atoms with van der Waals surface area (Å²) in [6.07, 6.45) is 0. The van der Waals surface area contributed by atoms with Crippen molar-refractivity contribution in [1.29, 1.82) is 5.26 Å². The molecule has 0 saturated carbocycles. The first kappa shape index (κ1) is 18.8. The van der Waals surface area contributed by atoms with Gasteiger partial charge in [0.15, 0.2) is 5.82 Å². The van der Waals surface area contributed by atoms with Crippen LogP contribution in [0.2, 0.25) is 0 Å². The SMILES string of the molecule is COc1ccc(C(C#N)c2ccc(N3CCN(c4ccccc4)CC3)nn2)cc1. The van der Waals surface area contributed by atoms with Crippen molar-refractivity contribution in [3.63, 3.8) is 0 Å². The molecule has 1 aliphatic heterocycles. The molecule has 1 saturated heterocycles. The van der Waals surface area contributed by atoms with Gasteiger partial charge in [-0.05, 0) is 42.0 Å². The molecular formula is C23H23N5O. The summed E-state index contributed by atoms with van der Waals surface area (Å²) in [6, 6.07) is 24.2. The molecular weight excluding hydrogens is 362 g/mol. The van der Waals surface area contributed by atoms with E-state index in [2.05, 4.69) is 50.3 Å². The van der Waals surface area contributed by atoms with Crippen LogP contribution in [0, 0.1) is 11.3 Å². The normalized spacial score (nSPS) is 14.9. The summed E-state index contributed by atoms with van der Waals surface area (Å²) >= 11 is 0. The van der Waals surface area contributed by atoms with Gasteiger partial charge in [0.2, 0.25) is 0 Å². The molecule has 0 N–H and O–H groups in total. The van der Waals surface area contributed by atoms with Gasteiger partial charge in [-0.15, -0.1) is 5.10 Å². The minimum Gasteiger partial charge on any atom is -0.497 e. The van der Waals surface area contributed by atoms with E-state index in [1.807, 2.05) is 42.5 Å². The molecule has 1 unspecified atom stereocenters. The summed E-state index contributed by atoms with van der Waals surface area (Å²) in [5.41, 5.74) is 2.79. The number of nitrogens with zero attached hydrogens (tertiary/aromatic N) is 5. The number of hydrogen-bond acceptors (Lipinski definition) is 6. The number of aromatic nitrogens is 2. The molecule has 0 bridgehead atoms. The summed E-state index contributed by atoms with van der Waals surface area (Å²) in [4.78, 5) is 4.62. The molecule has 0 spiro atoms. The Morgan fingerprint density at radius 2 is 1.55 bits per heavy atom. The fourth-order valence-electron chi connectivity index (χ4n) is 3.60. The van der Waals surface area contributed by atoms with Crippen molar-refractivity contribution in [2.24, 2.45) is 0 Å². The van der Waals surface area contributed by atoms with Gasteiger partial charge in [0.05, 0.1) is 18.9 Å². The summed E-state index contributed by atoms with van der Waals surface area (Å²) in [5, 5.41) is 18.4. The standard InChI is InChI=1S/C23H23N5O/c1-29-20-9-7-18(8-10-20)21(17-24)22-11-12-23(26-25-22)28-15-13-27(14-16-28)19-5-3-2-4-6-19/h2-12,21H,13-16H2,1H3. The minimum atomic E-state index is -0.447. The molecule has 146 valence electrons. The molecule has 2 aromatic carbocycles. The number of ether oxygens (including phenoxy) is 1. The average Bonchev–Trinajstić information content (AvgIpc) is 2.81. The highest BCUT2D eigenvalue weighted by atomic mass is 16.5. The van der Waals surface area contributed by atoms with Gasteiger partial charge in [0, 0.05) is 31.9 Å². The van der Waals surface area contributed by atoms with Gasteiger partial charge in [-0.1, -0.05) is 30.3 Å². The van der Waals surface area contributed by atoms with Crippen LogP contribution >= 0.6 is 0 Å². The fourth-order valence-corrected chi connectivity index (χ4v) is 3.60. The first-order valence-electron chi connectivity index (χ1n) is 9.70. The Morgan fingerprint density at radius 3 is 2.14 bits per heavy atom. The second-order valence-electron chi connectivity index (χ2n) is 6.96. The van der Waals surface area contributed by atoms with Crippen molar-refractivity contribution < 1.29 is 4.74 Å². The zero-order valence-electron chi connectivity index (χ0n) is 16.4. The largest absolute Gasteiger partial charge is 0.497 e. The zero-order chi connectivity index (χ0) is 20.1. The summed E-state index contributed by atoms with van der Waals surface area (Å²) in [5.74, 6) is 1.17. The van der Waals surface area contributed by atoms with Gasteiger partial charge < -0.3 is 14.5 Å². The highest BCUT2D eigenvalue weighted by Crippen LogP contribution is 2.25. The number of para-hydroxylation sites is 1. The van der Waals surface area contributed by atoms with Gasteiger partial charge in [0.1, 0.15) is 11.7 Å². The number of anilines is 2. The quantitative estimate of drug-likeness (QED) is 0.670. The van der Waals surface area contributed by atoms with E-state index in [0.717, 1.165) is 43.3 Å². The number of hydrogen-bond donors (Lipinski definition) is 0. The van der Waals surface area contributed by atoms with Crippen LogP contribution in [0.1, 0.15) is 17.2 Å². The van der Waals surface area contributed by atoms with E-state index in [1.165, 1.54) is 5.69 Å². The lowest BCUT2D eigenvalue weighted by molar-refractivity contribution is 0.414. The van der Waals surface area contributed by atoms with Crippen LogP contribution in [0.25, 0.3) is 0 Å². The molecule has 3 aromatic rings. The summed E-state index contributed by atoms with van der Waals surface area (Å²) in [6.45, 7) is 3.67. The Kier molecular flexibility index (Phi) is 5.57. The lowest BCUT2D eigenvalue weighted by Crippen LogP contribution is -2.46. The van der Waals surface area contributed by atoms with Gasteiger partial charge in [-0.2, -0.15) is 10.4 Å². The third-order valence-corrected chi connectivity index (χ3v) is 5.27. The van der Waals surface area contributed by atoms with E-state index in [-0.39, 0.29) is 0 Å². The number of piperazine rings is 1. The maximum Gasteiger partial charge on any atom is 0.151 e. The van der Waals surface area contributed by atoms with Crippen molar-refractivity contribution in [3.05, 3.63) is 78.0 Å². The molecule has 29 heavy (non-hydrogen) atoms. The second-order valence-corrected chi connectivity index (χ2v) is 6.96. The predicted octanol–water partition coefficient (Wildman–Crippen LogP) is 3.47. The first-order chi connectivity index (χ1) is 14.3. The second kappa shape index (κ2) is 8.61. The van der Waals surface area contributed by atoms with Gasteiger partial charge in [-0.25, -0.2) is 0 Å². The Labute approximate surface area is 171 Å². The molecule has 1 aromatic heterocycles. The highest BCUT2D eigenvalue weighted by molar-refractivity contribution is 5.49. The van der Waals surface area contributed by atoms with E-state index in [0.29, 0.717) is 5.69 Å². The van der Waals surface area contributed by atoms with E-state index in [9.17, 15) is 5.26 Å². The molecule has 0 radical (unpaired) electrons. The molecule has 6 nitrogen and oxygen atoms in total. The van der Waals surface area contributed by atoms with Crippen LogP contribution in [-0.4, -0.2) is 43.5 Å². The lowest BCUT2D eigenvalue weighted by atomic mass is 9.97. The Morgan fingerprint density at radius 1 is 0.862 bits per heavy atom. The number of benzene rings is 2. The Bertz CT molecular complexity index is 959. The summed E-state index contributed by atoms with van der Waals surface area (Å²) in [7, 11) is 1.63. The van der Waals surface area contributed by atoms with E-state index < -0.39 is 5.92 Å². The molecule has 6 heteroatoms. The maximum atomic E-state index is 9.65. The predicted molar refractivity (Wildman–Crippen MR) is 113 cm³/mol. The smallest absolute Gasteiger partial charge is 0.151 e. The van der Waals surface area contributed by atoms with Crippen LogP contribution < -0.4 is 14.5 Å². The summed E-state index contributed by atoms with van der Waals surface area (Å²) < 4.78 is 5.19. The number of rotatable bonds is 5. The Hall–Kier alpha value is -3.59. The fraction of sp³-hybridized carbons (Fsp3) is 0.261. The molecule has 4 rings (SSSR count). The molecule has 0 aliphatic carbocycles. The molecule has 1 aliphatic rings. The molecule has 1 atom stereocenters. The van der Waals surface area contributed by atoms with Gasteiger partial charge in [-0.3, -0.25) is 0 Å². The van der Waals surface area contributed by atoms with Crippen LogP contribution in [0.5, 0.6) is 5.75 Å². The maximum absolute atomic E-state index is 9.65. The monoisotopic (exact) mass is 385 g/mol. The van der Waals surface area contributed by atoms with Crippen molar-refractivity contribution in [2.75, 3.05) is 43.1 Å². The highest BCUT2D eigenvalue weighted by Gasteiger charge is 2.20. The van der Waals surface area contributed by atoms with Gasteiger partial charge >= 0.3 is 0 Å². The average molecular weight is 385 g/mol. The van der Waals surface area contributed by atoms with E-state index in [4.69, 9.17) is 4.74 Å². The first-order valence-corrected chi connectivity index (χ1v) is 9.70. The number of methoxy groups -OCH3 is 1. The Balaban J connectivity index is 1.43. The van der Waals surface area contributed by atoms with Crippen molar-refractivity contribution in [1.82, 2.24) is 10.2 Å². The van der Waals surface area contributed by atoms with Gasteiger partial charge in [0.25, 0.3) is 0 Å². The van der Waals surface area contributed by atoms with Crippen molar-refractivity contribution in [3.8, 4) is 11.8 Å². The van der Waals surface area contributed by atoms with E-state index >= 15 is 0 Å². The molecule has 1 fully saturated rings. The van der Waals surface area contributed by atoms with Crippen molar-refractivity contribution in [2.45, 2.75) is 5.92 Å². The number of nitriles is 1. The van der Waals surface area contributed by atoms with Crippen LogP contribution in [0.4, 0.5) is 11.5 Å². The van der Waals surface area contributed by atoms with Crippen LogP contribution in [-0.2, 0) is 0 Å². The molecule has 0 amide bonds. The zero-order valence-corrected chi connectivity index (χ0v) is 16.4. The lowest BCUT2D eigenvalue weighted by Gasteiger charge is -2.36.